The molecule has 28 heavy (non-hydrogen) atoms. The van der Waals surface area contributed by atoms with Crippen LogP contribution in [0.1, 0.15) is 48.5 Å². The molecule has 2 aliphatic heterocycles. The second-order valence-electron chi connectivity index (χ2n) is 7.44. The first-order valence-electron chi connectivity index (χ1n) is 9.65. The zero-order valence-corrected chi connectivity index (χ0v) is 15.9. The van der Waals surface area contributed by atoms with E-state index < -0.39 is 0 Å². The predicted octanol–water partition coefficient (Wildman–Crippen LogP) is 2.43. The summed E-state index contributed by atoms with van der Waals surface area (Å²) in [6, 6.07) is 6.10. The summed E-state index contributed by atoms with van der Waals surface area (Å²) in [6.07, 6.45) is 4.48. The molecule has 1 atom stereocenters. The molecule has 4 rings (SSSR count). The third kappa shape index (κ3) is 3.74. The van der Waals surface area contributed by atoms with E-state index in [0.717, 1.165) is 30.6 Å². The van der Waals surface area contributed by atoms with Gasteiger partial charge in [0.1, 0.15) is 5.82 Å². The molecule has 2 aliphatic rings. The van der Waals surface area contributed by atoms with Gasteiger partial charge in [-0.1, -0.05) is 12.1 Å². The van der Waals surface area contributed by atoms with Gasteiger partial charge in [0, 0.05) is 44.7 Å². The van der Waals surface area contributed by atoms with Crippen molar-refractivity contribution in [2.45, 2.75) is 45.2 Å². The lowest BCUT2D eigenvalue weighted by atomic mass is 10.0. The molecule has 1 fully saturated rings. The fourth-order valence-corrected chi connectivity index (χ4v) is 4.05. The average Bonchev–Trinajstić information content (AvgIpc) is 3.17. The van der Waals surface area contributed by atoms with Crippen molar-refractivity contribution in [2.24, 2.45) is 0 Å². The number of nitrogens with zero attached hydrogens (tertiary/aromatic N) is 4. The van der Waals surface area contributed by atoms with E-state index in [9.17, 15) is 14.0 Å². The van der Waals surface area contributed by atoms with Gasteiger partial charge in [-0.2, -0.15) is 0 Å². The number of hydrogen-bond donors (Lipinski definition) is 0. The van der Waals surface area contributed by atoms with Crippen LogP contribution in [0.4, 0.5) is 4.39 Å². The Balaban J connectivity index is 1.46. The van der Waals surface area contributed by atoms with E-state index in [-0.39, 0.29) is 30.1 Å². The number of carbonyl (C=O) groups excluding carboxylic acids is 2. The number of hydrogen-bond acceptors (Lipinski definition) is 4. The molecule has 1 unspecified atom stereocenters. The summed E-state index contributed by atoms with van der Waals surface area (Å²) >= 11 is 0. The van der Waals surface area contributed by atoms with E-state index >= 15 is 0 Å². The van der Waals surface area contributed by atoms with Crippen LogP contribution in [0.5, 0.6) is 0 Å². The van der Waals surface area contributed by atoms with Crippen molar-refractivity contribution in [2.75, 3.05) is 13.1 Å². The lowest BCUT2D eigenvalue weighted by Crippen LogP contribution is -2.38. The minimum absolute atomic E-state index is 0.0288. The SMILES string of the molecule is CC(=O)N1CCCC1c1ncc2c(n1)CCN(C(=O)Cc1cccc(F)c1)C2. The molecule has 2 aromatic rings. The van der Waals surface area contributed by atoms with E-state index in [2.05, 4.69) is 4.98 Å². The molecule has 7 heteroatoms. The van der Waals surface area contributed by atoms with Crippen LogP contribution in [0, 0.1) is 5.82 Å². The molecule has 0 N–H and O–H groups in total. The highest BCUT2D eigenvalue weighted by Crippen LogP contribution is 2.30. The summed E-state index contributed by atoms with van der Waals surface area (Å²) in [7, 11) is 0. The zero-order valence-electron chi connectivity index (χ0n) is 15.9. The maximum atomic E-state index is 13.3. The van der Waals surface area contributed by atoms with Crippen LogP contribution in [0.15, 0.2) is 30.5 Å². The topological polar surface area (TPSA) is 66.4 Å². The van der Waals surface area contributed by atoms with Crippen LogP contribution >= 0.6 is 0 Å². The molecule has 1 aromatic heterocycles. The van der Waals surface area contributed by atoms with Crippen molar-refractivity contribution in [3.05, 3.63) is 58.9 Å². The number of halogens is 1. The van der Waals surface area contributed by atoms with Crippen molar-refractivity contribution < 1.29 is 14.0 Å². The van der Waals surface area contributed by atoms with Crippen LogP contribution in [-0.4, -0.2) is 44.7 Å². The van der Waals surface area contributed by atoms with Crippen molar-refractivity contribution in [3.8, 4) is 0 Å². The Morgan fingerprint density at radius 2 is 2.14 bits per heavy atom. The molecule has 3 heterocycles. The molecule has 0 saturated carbocycles. The Labute approximate surface area is 163 Å². The zero-order chi connectivity index (χ0) is 19.7. The van der Waals surface area contributed by atoms with Gasteiger partial charge in [0.2, 0.25) is 11.8 Å². The van der Waals surface area contributed by atoms with Crippen molar-refractivity contribution in [1.29, 1.82) is 0 Å². The Kier molecular flexibility index (Phi) is 5.07. The second kappa shape index (κ2) is 7.66. The third-order valence-corrected chi connectivity index (χ3v) is 5.50. The molecule has 0 spiro atoms. The summed E-state index contributed by atoms with van der Waals surface area (Å²) in [4.78, 5) is 37.2. The van der Waals surface area contributed by atoms with Crippen molar-refractivity contribution in [1.82, 2.24) is 19.8 Å². The molecule has 2 amide bonds. The molecular formula is C21H23FN4O2. The van der Waals surface area contributed by atoms with Gasteiger partial charge in [-0.25, -0.2) is 14.4 Å². The van der Waals surface area contributed by atoms with Gasteiger partial charge < -0.3 is 9.80 Å². The summed E-state index contributed by atoms with van der Waals surface area (Å²) in [5.74, 6) is 0.393. The third-order valence-electron chi connectivity index (χ3n) is 5.50. The Bertz CT molecular complexity index is 917. The van der Waals surface area contributed by atoms with Crippen LogP contribution < -0.4 is 0 Å². The molecule has 0 aliphatic carbocycles. The number of rotatable bonds is 3. The van der Waals surface area contributed by atoms with Gasteiger partial charge in [-0.05, 0) is 30.5 Å². The van der Waals surface area contributed by atoms with E-state index in [4.69, 9.17) is 4.98 Å². The van der Waals surface area contributed by atoms with E-state index in [1.807, 2.05) is 4.90 Å². The maximum Gasteiger partial charge on any atom is 0.227 e. The van der Waals surface area contributed by atoms with Gasteiger partial charge in [0.05, 0.1) is 18.2 Å². The van der Waals surface area contributed by atoms with Crippen molar-refractivity contribution in [3.63, 3.8) is 0 Å². The number of carbonyl (C=O) groups is 2. The van der Waals surface area contributed by atoms with Crippen LogP contribution in [0.2, 0.25) is 0 Å². The highest BCUT2D eigenvalue weighted by Gasteiger charge is 2.31. The number of likely N-dealkylation sites (tertiary alicyclic amines) is 1. The molecule has 0 bridgehead atoms. The Morgan fingerprint density at radius 3 is 2.93 bits per heavy atom. The van der Waals surface area contributed by atoms with Gasteiger partial charge in [-0.3, -0.25) is 9.59 Å². The van der Waals surface area contributed by atoms with Gasteiger partial charge >= 0.3 is 0 Å². The highest BCUT2D eigenvalue weighted by molar-refractivity contribution is 5.79. The molecule has 1 aromatic carbocycles. The standard InChI is InChI=1S/C21H23FN4O2/c1-14(27)26-8-3-6-19(26)21-23-12-16-13-25(9-7-18(16)24-21)20(28)11-15-4-2-5-17(22)10-15/h2,4-5,10,12,19H,3,6-9,11,13H2,1H3. The fourth-order valence-electron chi connectivity index (χ4n) is 4.05. The lowest BCUT2D eigenvalue weighted by Gasteiger charge is -2.29. The maximum absolute atomic E-state index is 13.3. The smallest absolute Gasteiger partial charge is 0.227 e. The lowest BCUT2D eigenvalue weighted by molar-refractivity contribution is -0.131. The number of amides is 2. The summed E-state index contributed by atoms with van der Waals surface area (Å²) in [5, 5.41) is 0. The number of aromatic nitrogens is 2. The highest BCUT2D eigenvalue weighted by atomic mass is 19.1. The Hall–Kier alpha value is -2.83. The normalized spacial score (nSPS) is 18.9. The largest absolute Gasteiger partial charge is 0.338 e. The van der Waals surface area contributed by atoms with Crippen LogP contribution in [0.25, 0.3) is 0 Å². The molecular weight excluding hydrogens is 359 g/mol. The number of benzene rings is 1. The van der Waals surface area contributed by atoms with E-state index in [1.54, 1.807) is 30.2 Å². The minimum Gasteiger partial charge on any atom is -0.338 e. The van der Waals surface area contributed by atoms with Crippen molar-refractivity contribution >= 4 is 11.8 Å². The molecule has 1 saturated heterocycles. The van der Waals surface area contributed by atoms with Gasteiger partial charge in [0.25, 0.3) is 0 Å². The second-order valence-corrected chi connectivity index (χ2v) is 7.44. The molecule has 146 valence electrons. The Morgan fingerprint density at radius 1 is 1.29 bits per heavy atom. The number of fused-ring (bicyclic) bond motifs is 1. The first-order chi connectivity index (χ1) is 13.5. The monoisotopic (exact) mass is 382 g/mol. The summed E-state index contributed by atoms with van der Waals surface area (Å²) in [5.41, 5.74) is 2.57. The van der Waals surface area contributed by atoms with E-state index in [1.165, 1.54) is 12.1 Å². The summed E-state index contributed by atoms with van der Waals surface area (Å²) < 4.78 is 13.3. The predicted molar refractivity (Wildman–Crippen MR) is 101 cm³/mol. The first-order valence-corrected chi connectivity index (χ1v) is 9.65. The van der Waals surface area contributed by atoms with E-state index in [0.29, 0.717) is 30.9 Å². The fraction of sp³-hybridized carbons (Fsp3) is 0.429. The molecule has 6 nitrogen and oxygen atoms in total. The van der Waals surface area contributed by atoms with Gasteiger partial charge in [-0.15, -0.1) is 0 Å². The minimum atomic E-state index is -0.332. The van der Waals surface area contributed by atoms with Crippen LogP contribution in [-0.2, 0) is 29.0 Å². The first kappa shape index (κ1) is 18.5. The van der Waals surface area contributed by atoms with Gasteiger partial charge in [0.15, 0.2) is 5.82 Å². The quantitative estimate of drug-likeness (QED) is 0.818. The van der Waals surface area contributed by atoms with Crippen LogP contribution in [0.3, 0.4) is 0 Å². The molecule has 0 radical (unpaired) electrons. The average molecular weight is 382 g/mol. The summed E-state index contributed by atoms with van der Waals surface area (Å²) in [6.45, 7) is 3.38.